The molecule has 4 nitrogen and oxygen atoms in total. The van der Waals surface area contributed by atoms with Gasteiger partial charge in [0, 0.05) is 17.6 Å². The summed E-state index contributed by atoms with van der Waals surface area (Å²) in [6, 6.07) is 7.11. The van der Waals surface area contributed by atoms with E-state index < -0.39 is 0 Å². The molecule has 2 N–H and O–H groups in total. The molecule has 1 heterocycles. The van der Waals surface area contributed by atoms with Crippen LogP contribution in [0.15, 0.2) is 30.6 Å². The number of hydrogen-bond donors (Lipinski definition) is 2. The quantitative estimate of drug-likeness (QED) is 0.847. The van der Waals surface area contributed by atoms with E-state index in [2.05, 4.69) is 34.4 Å². The van der Waals surface area contributed by atoms with E-state index in [0.717, 1.165) is 18.1 Å². The molecule has 1 aromatic heterocycles. The molecule has 2 rings (SSSR count). The van der Waals surface area contributed by atoms with Crippen LogP contribution in [0.4, 0.5) is 17.3 Å². The lowest BCUT2D eigenvalue weighted by molar-refractivity contribution is 0.687. The SMILES string of the molecule is CC(C)CNc1cc(Nc2ccc(Cl)cc2Cl)ncn1. The first-order chi connectivity index (χ1) is 9.54. The molecule has 2 aromatic rings. The fraction of sp³-hybridized carbons (Fsp3) is 0.286. The maximum atomic E-state index is 6.12. The third kappa shape index (κ3) is 4.25. The molecule has 0 radical (unpaired) electrons. The molecule has 0 aliphatic carbocycles. The van der Waals surface area contributed by atoms with Gasteiger partial charge in [0.1, 0.15) is 18.0 Å². The Balaban J connectivity index is 2.11. The van der Waals surface area contributed by atoms with E-state index in [0.29, 0.717) is 21.8 Å². The molecule has 0 aliphatic rings. The summed E-state index contributed by atoms with van der Waals surface area (Å²) in [6.07, 6.45) is 1.51. The Morgan fingerprint density at radius 2 is 1.85 bits per heavy atom. The largest absolute Gasteiger partial charge is 0.370 e. The molecule has 1 aromatic carbocycles. The standard InChI is InChI=1S/C14H16Cl2N4/c1-9(2)7-17-13-6-14(19-8-18-13)20-12-4-3-10(15)5-11(12)16/h3-6,8-9H,7H2,1-2H3,(H2,17,18,19,20). The molecule has 0 fully saturated rings. The van der Waals surface area contributed by atoms with Crippen molar-refractivity contribution in [2.45, 2.75) is 13.8 Å². The van der Waals surface area contributed by atoms with Crippen LogP contribution in [0.5, 0.6) is 0 Å². The van der Waals surface area contributed by atoms with Crippen LogP contribution < -0.4 is 10.6 Å². The number of nitrogens with zero attached hydrogens (tertiary/aromatic N) is 2. The average Bonchev–Trinajstić information content (AvgIpc) is 2.40. The number of hydrogen-bond acceptors (Lipinski definition) is 4. The molecule has 0 spiro atoms. The molecule has 106 valence electrons. The highest BCUT2D eigenvalue weighted by molar-refractivity contribution is 6.36. The molecular formula is C14H16Cl2N4. The summed E-state index contributed by atoms with van der Waals surface area (Å²) in [4.78, 5) is 8.34. The third-order valence-corrected chi connectivity index (χ3v) is 3.10. The number of benzene rings is 1. The third-order valence-electron chi connectivity index (χ3n) is 2.55. The molecular weight excluding hydrogens is 295 g/mol. The first-order valence-electron chi connectivity index (χ1n) is 6.32. The molecule has 20 heavy (non-hydrogen) atoms. The van der Waals surface area contributed by atoms with Crippen LogP contribution in [0, 0.1) is 5.92 Å². The number of anilines is 3. The Kier molecular flexibility index (Phi) is 5.04. The van der Waals surface area contributed by atoms with Crippen LogP contribution in [-0.2, 0) is 0 Å². The minimum absolute atomic E-state index is 0.548. The van der Waals surface area contributed by atoms with Crippen LogP contribution in [-0.4, -0.2) is 16.5 Å². The summed E-state index contributed by atoms with van der Waals surface area (Å²) >= 11 is 12.0. The Labute approximate surface area is 128 Å². The van der Waals surface area contributed by atoms with Crippen molar-refractivity contribution in [2.75, 3.05) is 17.2 Å². The highest BCUT2D eigenvalue weighted by Crippen LogP contribution is 2.27. The second-order valence-electron chi connectivity index (χ2n) is 4.81. The summed E-state index contributed by atoms with van der Waals surface area (Å²) in [5, 5.41) is 7.54. The van der Waals surface area contributed by atoms with Crippen molar-refractivity contribution in [1.29, 1.82) is 0 Å². The van der Waals surface area contributed by atoms with Crippen LogP contribution in [0.2, 0.25) is 10.0 Å². The van der Waals surface area contributed by atoms with E-state index in [1.807, 2.05) is 12.1 Å². The lowest BCUT2D eigenvalue weighted by Gasteiger charge is -2.11. The van der Waals surface area contributed by atoms with E-state index >= 15 is 0 Å². The van der Waals surface area contributed by atoms with Crippen LogP contribution >= 0.6 is 23.2 Å². The summed E-state index contributed by atoms with van der Waals surface area (Å²) < 4.78 is 0. The lowest BCUT2D eigenvalue weighted by atomic mass is 10.2. The summed E-state index contributed by atoms with van der Waals surface area (Å²) in [7, 11) is 0. The Bertz CT molecular complexity index is 587. The van der Waals surface area contributed by atoms with E-state index in [4.69, 9.17) is 23.2 Å². The fourth-order valence-electron chi connectivity index (χ4n) is 1.56. The van der Waals surface area contributed by atoms with Crippen molar-refractivity contribution >= 4 is 40.5 Å². The minimum atomic E-state index is 0.548. The molecule has 0 amide bonds. The van der Waals surface area contributed by atoms with Crippen molar-refractivity contribution in [3.63, 3.8) is 0 Å². The number of rotatable bonds is 5. The minimum Gasteiger partial charge on any atom is -0.370 e. The predicted octanol–water partition coefficient (Wildman–Crippen LogP) is 4.59. The number of halogens is 2. The van der Waals surface area contributed by atoms with Gasteiger partial charge in [-0.05, 0) is 24.1 Å². The van der Waals surface area contributed by atoms with Crippen molar-refractivity contribution < 1.29 is 0 Å². The van der Waals surface area contributed by atoms with Crippen LogP contribution in [0.3, 0.4) is 0 Å². The first kappa shape index (κ1) is 14.9. The second kappa shape index (κ2) is 6.77. The Morgan fingerprint density at radius 3 is 2.55 bits per heavy atom. The zero-order chi connectivity index (χ0) is 14.5. The first-order valence-corrected chi connectivity index (χ1v) is 7.08. The van der Waals surface area contributed by atoms with Crippen molar-refractivity contribution in [3.8, 4) is 0 Å². The Morgan fingerprint density at radius 1 is 1.10 bits per heavy atom. The average molecular weight is 311 g/mol. The maximum Gasteiger partial charge on any atom is 0.135 e. The zero-order valence-corrected chi connectivity index (χ0v) is 12.8. The normalized spacial score (nSPS) is 10.7. The van der Waals surface area contributed by atoms with Gasteiger partial charge in [0.15, 0.2) is 0 Å². The van der Waals surface area contributed by atoms with E-state index in [1.165, 1.54) is 6.33 Å². The Hall–Kier alpha value is -1.52. The molecule has 6 heteroatoms. The maximum absolute atomic E-state index is 6.12. The molecule has 0 aliphatic heterocycles. The van der Waals surface area contributed by atoms with Crippen LogP contribution in [0.1, 0.15) is 13.8 Å². The molecule has 0 unspecified atom stereocenters. The molecule has 0 saturated carbocycles. The predicted molar refractivity (Wildman–Crippen MR) is 85.1 cm³/mol. The zero-order valence-electron chi connectivity index (χ0n) is 11.3. The molecule has 0 bridgehead atoms. The van der Waals surface area contributed by atoms with Crippen LogP contribution in [0.25, 0.3) is 0 Å². The van der Waals surface area contributed by atoms with Crippen molar-refractivity contribution in [3.05, 3.63) is 40.6 Å². The van der Waals surface area contributed by atoms with E-state index in [1.54, 1.807) is 12.1 Å². The highest BCUT2D eigenvalue weighted by atomic mass is 35.5. The van der Waals surface area contributed by atoms with Crippen molar-refractivity contribution in [1.82, 2.24) is 9.97 Å². The van der Waals surface area contributed by atoms with Gasteiger partial charge in [0.25, 0.3) is 0 Å². The fourth-order valence-corrected chi connectivity index (χ4v) is 2.02. The van der Waals surface area contributed by atoms with Gasteiger partial charge in [-0.3, -0.25) is 0 Å². The summed E-state index contributed by atoms with van der Waals surface area (Å²) in [6.45, 7) is 5.14. The van der Waals surface area contributed by atoms with Gasteiger partial charge < -0.3 is 10.6 Å². The van der Waals surface area contributed by atoms with Gasteiger partial charge in [0.2, 0.25) is 0 Å². The highest BCUT2D eigenvalue weighted by Gasteiger charge is 2.04. The number of aromatic nitrogens is 2. The van der Waals surface area contributed by atoms with Gasteiger partial charge in [-0.1, -0.05) is 37.0 Å². The van der Waals surface area contributed by atoms with Gasteiger partial charge in [0.05, 0.1) is 10.7 Å². The topological polar surface area (TPSA) is 49.8 Å². The molecule has 0 saturated heterocycles. The second-order valence-corrected chi connectivity index (χ2v) is 5.66. The monoisotopic (exact) mass is 310 g/mol. The van der Waals surface area contributed by atoms with Gasteiger partial charge in [-0.25, -0.2) is 9.97 Å². The lowest BCUT2D eigenvalue weighted by Crippen LogP contribution is -2.09. The molecule has 0 atom stereocenters. The van der Waals surface area contributed by atoms with E-state index in [9.17, 15) is 0 Å². The number of nitrogens with one attached hydrogen (secondary N) is 2. The van der Waals surface area contributed by atoms with E-state index in [-0.39, 0.29) is 0 Å². The summed E-state index contributed by atoms with van der Waals surface area (Å²) in [5.74, 6) is 2.00. The van der Waals surface area contributed by atoms with Crippen molar-refractivity contribution in [2.24, 2.45) is 5.92 Å². The summed E-state index contributed by atoms with van der Waals surface area (Å²) in [5.41, 5.74) is 0.754. The smallest absolute Gasteiger partial charge is 0.135 e. The van der Waals surface area contributed by atoms with Gasteiger partial charge >= 0.3 is 0 Å². The van der Waals surface area contributed by atoms with Gasteiger partial charge in [-0.15, -0.1) is 0 Å². The van der Waals surface area contributed by atoms with Gasteiger partial charge in [-0.2, -0.15) is 0 Å².